The first-order chi connectivity index (χ1) is 11.8. The maximum absolute atomic E-state index is 12.4. The number of carbonyl (C=O) groups excluding carboxylic acids is 1. The summed E-state index contributed by atoms with van der Waals surface area (Å²) in [7, 11) is 0. The number of amides is 1. The second kappa shape index (κ2) is 7.36. The minimum Gasteiger partial charge on any atom is -0.493 e. The molecule has 1 fully saturated rings. The van der Waals surface area contributed by atoms with Gasteiger partial charge in [0.2, 0.25) is 5.91 Å². The summed E-state index contributed by atoms with van der Waals surface area (Å²) in [6, 6.07) is 6.11. The topological polar surface area (TPSA) is 41.6 Å². The Bertz CT molecular complexity index is 616. The zero-order chi connectivity index (χ0) is 18.0. The highest BCUT2D eigenvalue weighted by atomic mass is 16.5. The van der Waals surface area contributed by atoms with E-state index in [0.29, 0.717) is 13.0 Å². The highest BCUT2D eigenvalue weighted by Gasteiger charge is 2.32. The number of nitrogens with zero attached hydrogens (tertiary/aromatic N) is 1. The van der Waals surface area contributed by atoms with Crippen LogP contribution < -0.4 is 10.1 Å². The van der Waals surface area contributed by atoms with Gasteiger partial charge in [0, 0.05) is 31.6 Å². The second-order valence-corrected chi connectivity index (χ2v) is 8.66. The van der Waals surface area contributed by atoms with E-state index < -0.39 is 0 Å². The van der Waals surface area contributed by atoms with Crippen molar-refractivity contribution in [2.75, 3.05) is 26.2 Å². The number of benzene rings is 1. The van der Waals surface area contributed by atoms with Gasteiger partial charge in [0.1, 0.15) is 5.75 Å². The molecule has 1 aromatic carbocycles. The summed E-state index contributed by atoms with van der Waals surface area (Å²) < 4.78 is 5.53. The van der Waals surface area contributed by atoms with Crippen LogP contribution in [0.15, 0.2) is 18.2 Å². The summed E-state index contributed by atoms with van der Waals surface area (Å²) >= 11 is 0. The van der Waals surface area contributed by atoms with Gasteiger partial charge in [-0.3, -0.25) is 9.69 Å². The number of fused-ring (bicyclic) bond motifs is 1. The number of nitrogens with one attached hydrogen (secondary N) is 1. The van der Waals surface area contributed by atoms with E-state index in [1.807, 2.05) is 12.1 Å². The molecule has 1 saturated heterocycles. The molecule has 2 aliphatic rings. The van der Waals surface area contributed by atoms with Gasteiger partial charge in [0.15, 0.2) is 0 Å². The molecule has 0 bridgehead atoms. The van der Waals surface area contributed by atoms with Crippen LogP contribution in [0.1, 0.15) is 45.2 Å². The van der Waals surface area contributed by atoms with Crippen molar-refractivity contribution >= 4 is 5.91 Å². The molecule has 4 heteroatoms. The number of ether oxygens (including phenoxy) is 1. The molecular formula is C21H32N2O2. The van der Waals surface area contributed by atoms with Crippen molar-refractivity contribution in [3.05, 3.63) is 29.3 Å². The molecular weight excluding hydrogens is 312 g/mol. The first-order valence-corrected chi connectivity index (χ1v) is 9.60. The third-order valence-electron chi connectivity index (χ3n) is 5.56. The van der Waals surface area contributed by atoms with E-state index in [1.54, 1.807) is 0 Å². The molecule has 1 N–H and O–H groups in total. The molecule has 25 heavy (non-hydrogen) atoms. The lowest BCUT2D eigenvalue weighted by molar-refractivity contribution is -0.121. The third kappa shape index (κ3) is 4.55. The molecule has 138 valence electrons. The third-order valence-corrected chi connectivity index (χ3v) is 5.56. The minimum absolute atomic E-state index is 0.00955. The van der Waals surface area contributed by atoms with E-state index in [0.717, 1.165) is 49.3 Å². The molecule has 2 aliphatic heterocycles. The van der Waals surface area contributed by atoms with Crippen LogP contribution in [-0.4, -0.2) is 42.6 Å². The summed E-state index contributed by atoms with van der Waals surface area (Å²) in [6.45, 7) is 12.8. The van der Waals surface area contributed by atoms with Gasteiger partial charge in [-0.2, -0.15) is 0 Å². The van der Waals surface area contributed by atoms with Gasteiger partial charge in [-0.25, -0.2) is 0 Å². The van der Waals surface area contributed by atoms with Crippen molar-refractivity contribution in [1.29, 1.82) is 0 Å². The van der Waals surface area contributed by atoms with Crippen LogP contribution in [0.4, 0.5) is 0 Å². The normalized spacial score (nSPS) is 23.8. The maximum Gasteiger partial charge on any atom is 0.224 e. The number of hydrogen-bond donors (Lipinski definition) is 1. The predicted octanol–water partition coefficient (Wildman–Crippen LogP) is 3.04. The molecule has 0 aliphatic carbocycles. The van der Waals surface area contributed by atoms with Crippen LogP contribution in [0.25, 0.3) is 0 Å². The summed E-state index contributed by atoms with van der Waals surface area (Å²) in [5.41, 5.74) is 2.28. The lowest BCUT2D eigenvalue weighted by Crippen LogP contribution is -2.56. The Morgan fingerprint density at radius 3 is 2.72 bits per heavy atom. The number of likely N-dealkylation sites (tertiary alicyclic amines) is 1. The SMILES string of the molecule is CC1CC(C)CN(C(C)(C)CNC(=O)Cc2ccc3c(c2)CCO3)C1. The molecule has 1 aromatic rings. The highest BCUT2D eigenvalue weighted by molar-refractivity contribution is 5.78. The second-order valence-electron chi connectivity index (χ2n) is 8.66. The molecule has 3 rings (SSSR count). The van der Waals surface area contributed by atoms with Gasteiger partial charge in [0.05, 0.1) is 13.0 Å². The summed E-state index contributed by atoms with van der Waals surface area (Å²) in [5, 5.41) is 3.15. The fraction of sp³-hybridized carbons (Fsp3) is 0.667. The van der Waals surface area contributed by atoms with E-state index in [1.165, 1.54) is 12.0 Å². The van der Waals surface area contributed by atoms with Gasteiger partial charge in [-0.1, -0.05) is 26.0 Å². The van der Waals surface area contributed by atoms with Crippen molar-refractivity contribution in [2.45, 2.75) is 52.5 Å². The van der Waals surface area contributed by atoms with E-state index >= 15 is 0 Å². The Morgan fingerprint density at radius 2 is 2.00 bits per heavy atom. The van der Waals surface area contributed by atoms with Crippen molar-refractivity contribution in [1.82, 2.24) is 10.2 Å². The van der Waals surface area contributed by atoms with Gasteiger partial charge < -0.3 is 10.1 Å². The molecule has 0 saturated carbocycles. The van der Waals surface area contributed by atoms with Crippen LogP contribution in [0.3, 0.4) is 0 Å². The number of carbonyl (C=O) groups is 1. The predicted molar refractivity (Wildman–Crippen MR) is 101 cm³/mol. The zero-order valence-corrected chi connectivity index (χ0v) is 16.1. The van der Waals surface area contributed by atoms with Crippen LogP contribution >= 0.6 is 0 Å². The standard InChI is InChI=1S/C21H32N2O2/c1-15-9-16(2)13-23(12-15)21(3,4)14-22-20(24)11-17-5-6-19-18(10-17)7-8-25-19/h5-6,10,15-16H,7-9,11-14H2,1-4H3,(H,22,24). The van der Waals surface area contributed by atoms with E-state index in [4.69, 9.17) is 4.74 Å². The zero-order valence-electron chi connectivity index (χ0n) is 16.1. The Balaban J connectivity index is 1.52. The summed E-state index contributed by atoms with van der Waals surface area (Å²) in [4.78, 5) is 15.0. The van der Waals surface area contributed by atoms with Crippen LogP contribution in [-0.2, 0) is 17.6 Å². The van der Waals surface area contributed by atoms with Gasteiger partial charge in [-0.05, 0) is 49.3 Å². The van der Waals surface area contributed by atoms with Crippen LogP contribution in [0, 0.1) is 11.8 Å². The average Bonchev–Trinajstić information content (AvgIpc) is 3.00. The van der Waals surface area contributed by atoms with Crippen molar-refractivity contribution in [2.24, 2.45) is 11.8 Å². The van der Waals surface area contributed by atoms with E-state index in [9.17, 15) is 4.79 Å². The van der Waals surface area contributed by atoms with E-state index in [2.05, 4.69) is 44.0 Å². The summed E-state index contributed by atoms with van der Waals surface area (Å²) in [5.74, 6) is 2.53. The largest absolute Gasteiger partial charge is 0.493 e. The molecule has 0 radical (unpaired) electrons. The monoisotopic (exact) mass is 344 g/mol. The molecule has 2 unspecified atom stereocenters. The Morgan fingerprint density at radius 1 is 1.28 bits per heavy atom. The molecule has 1 amide bonds. The van der Waals surface area contributed by atoms with Gasteiger partial charge in [0.25, 0.3) is 0 Å². The molecule has 0 spiro atoms. The van der Waals surface area contributed by atoms with Gasteiger partial charge >= 0.3 is 0 Å². The van der Waals surface area contributed by atoms with Crippen LogP contribution in [0.2, 0.25) is 0 Å². The molecule has 0 aromatic heterocycles. The first-order valence-electron chi connectivity index (χ1n) is 9.60. The lowest BCUT2D eigenvalue weighted by atomic mass is 9.88. The number of rotatable bonds is 5. The van der Waals surface area contributed by atoms with Crippen molar-refractivity contribution < 1.29 is 9.53 Å². The summed E-state index contributed by atoms with van der Waals surface area (Å²) in [6.07, 6.45) is 2.69. The Kier molecular flexibility index (Phi) is 5.38. The number of piperidine rings is 1. The Hall–Kier alpha value is -1.55. The van der Waals surface area contributed by atoms with Gasteiger partial charge in [-0.15, -0.1) is 0 Å². The fourth-order valence-electron chi connectivity index (χ4n) is 4.18. The Labute approximate surface area is 151 Å². The lowest BCUT2D eigenvalue weighted by Gasteiger charge is -2.45. The van der Waals surface area contributed by atoms with Crippen molar-refractivity contribution in [3.63, 3.8) is 0 Å². The average molecular weight is 344 g/mol. The number of hydrogen-bond acceptors (Lipinski definition) is 3. The fourth-order valence-corrected chi connectivity index (χ4v) is 4.18. The molecule has 4 nitrogen and oxygen atoms in total. The maximum atomic E-state index is 12.4. The molecule has 2 atom stereocenters. The van der Waals surface area contributed by atoms with Crippen molar-refractivity contribution in [3.8, 4) is 5.75 Å². The highest BCUT2D eigenvalue weighted by Crippen LogP contribution is 2.27. The first kappa shape index (κ1) is 18.2. The van der Waals surface area contributed by atoms with E-state index in [-0.39, 0.29) is 11.4 Å². The minimum atomic E-state index is -0.00955. The smallest absolute Gasteiger partial charge is 0.224 e. The van der Waals surface area contributed by atoms with Crippen LogP contribution in [0.5, 0.6) is 5.75 Å². The molecule has 2 heterocycles. The quantitative estimate of drug-likeness (QED) is 0.893.